The van der Waals surface area contributed by atoms with Crippen molar-refractivity contribution in [3.8, 4) is 11.3 Å². The lowest BCUT2D eigenvalue weighted by atomic mass is 10.1. The number of hydrogen-bond donors (Lipinski definition) is 4. The van der Waals surface area contributed by atoms with Gasteiger partial charge < -0.3 is 29.7 Å². The number of aromatic nitrogens is 4. The standard InChI is InChI=1S/C23H26N6O4/c1-11-7-8-25-12(2)16(11)27-19-18(33-22(28-19)23(3,4)32)14-10-29(6)21(31)17-13(14)9-15(26-17)20(30)24-5/h7-10,26-27,32H,1-6H3,(H,24,30). The monoisotopic (exact) mass is 450 g/mol. The normalized spacial score (nSPS) is 11.7. The van der Waals surface area contributed by atoms with Gasteiger partial charge in [0.05, 0.1) is 11.4 Å². The highest BCUT2D eigenvalue weighted by atomic mass is 16.4. The molecule has 4 N–H and O–H groups in total. The summed E-state index contributed by atoms with van der Waals surface area (Å²) < 4.78 is 7.44. The molecule has 0 bridgehead atoms. The highest BCUT2D eigenvalue weighted by Gasteiger charge is 2.28. The lowest BCUT2D eigenvalue weighted by molar-refractivity contribution is 0.0490. The maximum Gasteiger partial charge on any atom is 0.274 e. The number of aromatic amines is 1. The summed E-state index contributed by atoms with van der Waals surface area (Å²) in [5.41, 5.74) is 1.87. The van der Waals surface area contributed by atoms with Gasteiger partial charge in [-0.25, -0.2) is 0 Å². The van der Waals surface area contributed by atoms with Crippen LogP contribution in [-0.2, 0) is 12.6 Å². The molecule has 0 aromatic carbocycles. The van der Waals surface area contributed by atoms with Gasteiger partial charge in [-0.05, 0) is 45.4 Å². The molecule has 0 fully saturated rings. The molecule has 172 valence electrons. The number of carbonyl (C=O) groups excluding carboxylic acids is 1. The van der Waals surface area contributed by atoms with Crippen LogP contribution in [0.15, 0.2) is 33.7 Å². The van der Waals surface area contributed by atoms with Crippen molar-refractivity contribution in [2.45, 2.75) is 33.3 Å². The van der Waals surface area contributed by atoms with Gasteiger partial charge in [-0.3, -0.25) is 14.6 Å². The Morgan fingerprint density at radius 1 is 1.30 bits per heavy atom. The minimum atomic E-state index is -1.35. The Bertz CT molecular complexity index is 1420. The van der Waals surface area contributed by atoms with Crippen molar-refractivity contribution >= 4 is 28.3 Å². The van der Waals surface area contributed by atoms with E-state index in [0.29, 0.717) is 22.5 Å². The summed E-state index contributed by atoms with van der Waals surface area (Å²) in [4.78, 5) is 36.7. The molecular weight excluding hydrogens is 424 g/mol. The molecule has 4 rings (SSSR count). The molecule has 0 unspecified atom stereocenters. The molecule has 4 aromatic rings. The minimum Gasteiger partial charge on any atom is -0.435 e. The molecule has 0 saturated carbocycles. The van der Waals surface area contributed by atoms with Crippen molar-refractivity contribution in [3.05, 3.63) is 57.7 Å². The van der Waals surface area contributed by atoms with Gasteiger partial charge in [-0.2, -0.15) is 4.98 Å². The summed E-state index contributed by atoms with van der Waals surface area (Å²) in [5, 5.41) is 16.9. The first kappa shape index (κ1) is 22.3. The smallest absolute Gasteiger partial charge is 0.274 e. The Morgan fingerprint density at radius 2 is 2.03 bits per heavy atom. The summed E-state index contributed by atoms with van der Waals surface area (Å²) in [6.07, 6.45) is 3.34. The fourth-order valence-corrected chi connectivity index (χ4v) is 3.62. The van der Waals surface area contributed by atoms with Crippen LogP contribution in [-0.4, -0.2) is 37.6 Å². The Labute approximate surface area is 189 Å². The zero-order valence-electron chi connectivity index (χ0n) is 19.3. The lowest BCUT2D eigenvalue weighted by Crippen LogP contribution is -2.19. The van der Waals surface area contributed by atoms with Gasteiger partial charge in [0.25, 0.3) is 11.5 Å². The number of nitrogens with zero attached hydrogens (tertiary/aromatic N) is 3. The predicted octanol–water partition coefficient (Wildman–Crippen LogP) is 2.86. The van der Waals surface area contributed by atoms with Gasteiger partial charge in [0.1, 0.15) is 16.8 Å². The van der Waals surface area contributed by atoms with E-state index in [1.807, 2.05) is 19.9 Å². The van der Waals surface area contributed by atoms with Crippen LogP contribution in [0.4, 0.5) is 11.5 Å². The molecule has 4 aromatic heterocycles. The summed E-state index contributed by atoms with van der Waals surface area (Å²) in [5.74, 6) is 0.420. The van der Waals surface area contributed by atoms with E-state index in [-0.39, 0.29) is 28.6 Å². The fraction of sp³-hybridized carbons (Fsp3) is 0.304. The van der Waals surface area contributed by atoms with Crippen molar-refractivity contribution in [1.29, 1.82) is 0 Å². The van der Waals surface area contributed by atoms with Gasteiger partial charge in [0.15, 0.2) is 11.6 Å². The Balaban J connectivity index is 1.99. The molecule has 0 aliphatic rings. The second-order valence-electron chi connectivity index (χ2n) is 8.48. The zero-order chi connectivity index (χ0) is 24.1. The topological polar surface area (TPSA) is 138 Å². The van der Waals surface area contributed by atoms with E-state index < -0.39 is 5.60 Å². The molecule has 10 heteroatoms. The molecule has 33 heavy (non-hydrogen) atoms. The molecule has 10 nitrogen and oxygen atoms in total. The van der Waals surface area contributed by atoms with Crippen molar-refractivity contribution < 1.29 is 14.3 Å². The maximum absolute atomic E-state index is 12.8. The number of hydrogen-bond acceptors (Lipinski definition) is 7. The first-order valence-corrected chi connectivity index (χ1v) is 10.4. The number of fused-ring (bicyclic) bond motifs is 1. The van der Waals surface area contributed by atoms with Crippen molar-refractivity contribution in [2.24, 2.45) is 7.05 Å². The van der Waals surface area contributed by atoms with E-state index in [2.05, 4.69) is 25.6 Å². The maximum atomic E-state index is 12.8. The van der Waals surface area contributed by atoms with E-state index in [0.717, 1.165) is 16.9 Å². The van der Waals surface area contributed by atoms with Crippen molar-refractivity contribution in [2.75, 3.05) is 12.4 Å². The second-order valence-corrected chi connectivity index (χ2v) is 8.48. The third-order valence-electron chi connectivity index (χ3n) is 5.42. The SMILES string of the molecule is CNC(=O)c1cc2c(-c3oc(C(C)(C)O)nc3Nc3c(C)ccnc3C)cn(C)c(=O)c2[nH]1. The number of anilines is 2. The first-order valence-electron chi connectivity index (χ1n) is 10.4. The highest BCUT2D eigenvalue weighted by molar-refractivity contribution is 6.03. The van der Waals surface area contributed by atoms with Crippen LogP contribution in [0.5, 0.6) is 0 Å². The number of oxazole rings is 1. The van der Waals surface area contributed by atoms with Crippen LogP contribution in [0.1, 0.15) is 41.5 Å². The van der Waals surface area contributed by atoms with Crippen LogP contribution in [0.3, 0.4) is 0 Å². The van der Waals surface area contributed by atoms with E-state index in [4.69, 9.17) is 4.42 Å². The van der Waals surface area contributed by atoms with Gasteiger partial charge in [-0.15, -0.1) is 0 Å². The van der Waals surface area contributed by atoms with Gasteiger partial charge in [-0.1, -0.05) is 0 Å². The average molecular weight is 450 g/mol. The third-order valence-corrected chi connectivity index (χ3v) is 5.42. The number of rotatable bonds is 5. The largest absolute Gasteiger partial charge is 0.435 e. The molecule has 4 heterocycles. The number of aliphatic hydroxyl groups is 1. The molecular formula is C23H26N6O4. The number of H-pyrrole nitrogens is 1. The van der Waals surface area contributed by atoms with E-state index in [1.54, 1.807) is 39.4 Å². The Kier molecular flexibility index (Phi) is 5.33. The van der Waals surface area contributed by atoms with Crippen molar-refractivity contribution in [1.82, 2.24) is 24.8 Å². The number of carbonyl (C=O) groups is 1. The quantitative estimate of drug-likeness (QED) is 0.367. The molecule has 1 amide bonds. The number of pyridine rings is 2. The molecule has 0 spiro atoms. The average Bonchev–Trinajstić information content (AvgIpc) is 3.38. The Hall–Kier alpha value is -3.92. The van der Waals surface area contributed by atoms with E-state index >= 15 is 0 Å². The molecule has 0 aliphatic heterocycles. The molecule has 0 radical (unpaired) electrons. The first-order chi connectivity index (χ1) is 15.5. The van der Waals surface area contributed by atoms with Crippen LogP contribution >= 0.6 is 0 Å². The molecule has 0 saturated heterocycles. The number of aryl methyl sites for hydroxylation is 3. The number of nitrogens with one attached hydrogen (secondary N) is 3. The van der Waals surface area contributed by atoms with Gasteiger partial charge >= 0.3 is 0 Å². The predicted molar refractivity (Wildman–Crippen MR) is 125 cm³/mol. The van der Waals surface area contributed by atoms with Crippen molar-refractivity contribution in [3.63, 3.8) is 0 Å². The molecule has 0 atom stereocenters. The number of amides is 1. The van der Waals surface area contributed by atoms with Crippen LogP contribution in [0.2, 0.25) is 0 Å². The van der Waals surface area contributed by atoms with Crippen LogP contribution in [0, 0.1) is 13.8 Å². The Morgan fingerprint density at radius 3 is 2.67 bits per heavy atom. The second kappa shape index (κ2) is 7.89. The van der Waals surface area contributed by atoms with Crippen LogP contribution in [0.25, 0.3) is 22.2 Å². The lowest BCUT2D eigenvalue weighted by Gasteiger charge is -2.11. The minimum absolute atomic E-state index is 0.100. The third kappa shape index (κ3) is 3.89. The van der Waals surface area contributed by atoms with Crippen LogP contribution < -0.4 is 16.2 Å². The summed E-state index contributed by atoms with van der Waals surface area (Å²) in [6.45, 7) is 6.96. The molecule has 0 aliphatic carbocycles. The summed E-state index contributed by atoms with van der Waals surface area (Å²) in [6, 6.07) is 3.47. The zero-order valence-corrected chi connectivity index (χ0v) is 19.3. The van der Waals surface area contributed by atoms with Gasteiger partial charge in [0.2, 0.25) is 5.89 Å². The summed E-state index contributed by atoms with van der Waals surface area (Å²) >= 11 is 0. The highest BCUT2D eigenvalue weighted by Crippen LogP contribution is 2.38. The summed E-state index contributed by atoms with van der Waals surface area (Å²) in [7, 11) is 3.13. The fourth-order valence-electron chi connectivity index (χ4n) is 3.62. The van der Waals surface area contributed by atoms with Gasteiger partial charge in [0, 0.05) is 37.4 Å². The van der Waals surface area contributed by atoms with E-state index in [1.165, 1.54) is 11.6 Å². The van der Waals surface area contributed by atoms with E-state index in [9.17, 15) is 14.7 Å².